The molecule has 1 aromatic carbocycles. The topological polar surface area (TPSA) is 46.5 Å². The summed E-state index contributed by atoms with van der Waals surface area (Å²) in [7, 11) is 0. The van der Waals surface area contributed by atoms with Crippen molar-refractivity contribution in [1.82, 2.24) is 0 Å². The average molecular weight is 290 g/mol. The number of carbonyl (C=O) groups is 1. The second-order valence-corrected chi connectivity index (χ2v) is 6.17. The van der Waals surface area contributed by atoms with E-state index >= 15 is 0 Å². The molecule has 0 bridgehead atoms. The first-order valence-electron chi connectivity index (χ1n) is 8.11. The van der Waals surface area contributed by atoms with E-state index in [1.54, 1.807) is 19.1 Å². The fraction of sp³-hybridized carbons (Fsp3) is 0.611. The van der Waals surface area contributed by atoms with Crippen LogP contribution in [0, 0.1) is 11.8 Å². The van der Waals surface area contributed by atoms with Crippen molar-refractivity contribution in [3.63, 3.8) is 0 Å². The lowest BCUT2D eigenvalue weighted by Gasteiger charge is -2.24. The van der Waals surface area contributed by atoms with Crippen LogP contribution in [0.4, 0.5) is 0 Å². The molecule has 1 aromatic rings. The molecule has 116 valence electrons. The number of hydrogen-bond acceptors (Lipinski definition) is 3. The molecule has 0 heterocycles. The summed E-state index contributed by atoms with van der Waals surface area (Å²) >= 11 is 0. The molecule has 0 unspecified atom stereocenters. The van der Waals surface area contributed by atoms with Crippen LogP contribution in [-0.2, 0) is 4.79 Å². The number of ether oxygens (including phenoxy) is 1. The summed E-state index contributed by atoms with van der Waals surface area (Å²) < 4.78 is 5.29. The van der Waals surface area contributed by atoms with Gasteiger partial charge in [-0.3, -0.25) is 4.79 Å². The molecule has 0 saturated heterocycles. The van der Waals surface area contributed by atoms with Crippen molar-refractivity contribution >= 4 is 5.97 Å². The lowest BCUT2D eigenvalue weighted by Crippen LogP contribution is -2.29. The third kappa shape index (κ3) is 5.16. The van der Waals surface area contributed by atoms with Crippen LogP contribution in [-0.4, -0.2) is 17.2 Å². The molecular weight excluding hydrogens is 264 g/mol. The maximum atomic E-state index is 12.0. The van der Waals surface area contributed by atoms with Crippen LogP contribution in [0.5, 0.6) is 5.75 Å². The van der Waals surface area contributed by atoms with E-state index in [1.165, 1.54) is 32.1 Å². The Balaban J connectivity index is 1.75. The zero-order valence-corrected chi connectivity index (χ0v) is 12.8. The molecule has 3 heteroatoms. The van der Waals surface area contributed by atoms with Crippen molar-refractivity contribution in [1.29, 1.82) is 0 Å². The van der Waals surface area contributed by atoms with Gasteiger partial charge in [0.15, 0.2) is 0 Å². The third-order valence-electron chi connectivity index (χ3n) is 4.51. The van der Waals surface area contributed by atoms with Gasteiger partial charge in [-0.1, -0.05) is 50.3 Å². The molecule has 1 aliphatic rings. The summed E-state index contributed by atoms with van der Waals surface area (Å²) in [4.78, 5) is 12.0. The summed E-state index contributed by atoms with van der Waals surface area (Å²) in [6.07, 6.45) is 7.62. The van der Waals surface area contributed by atoms with E-state index in [0.29, 0.717) is 12.2 Å². The smallest absolute Gasteiger partial charge is 0.316 e. The minimum atomic E-state index is -0.608. The lowest BCUT2D eigenvalue weighted by molar-refractivity contribution is -0.142. The highest BCUT2D eigenvalue weighted by molar-refractivity contribution is 5.75. The van der Waals surface area contributed by atoms with Gasteiger partial charge in [-0.05, 0) is 37.8 Å². The molecule has 21 heavy (non-hydrogen) atoms. The Kier molecular flexibility index (Phi) is 6.24. The number of hydrogen-bond donors (Lipinski definition) is 1. The highest BCUT2D eigenvalue weighted by Gasteiger charge is 2.25. The van der Waals surface area contributed by atoms with Gasteiger partial charge < -0.3 is 9.84 Å². The highest BCUT2D eigenvalue weighted by Crippen LogP contribution is 2.28. The first-order chi connectivity index (χ1) is 10.2. The molecule has 0 amide bonds. The zero-order valence-electron chi connectivity index (χ0n) is 12.8. The fourth-order valence-electron chi connectivity index (χ4n) is 2.99. The van der Waals surface area contributed by atoms with Crippen molar-refractivity contribution in [3.8, 4) is 5.75 Å². The largest absolute Gasteiger partial charge is 0.426 e. The molecule has 2 atom stereocenters. The molecule has 3 nitrogen and oxygen atoms in total. The summed E-state index contributed by atoms with van der Waals surface area (Å²) in [6.45, 7) is 1.75. The molecule has 1 N–H and O–H groups in total. The highest BCUT2D eigenvalue weighted by atomic mass is 16.5. The van der Waals surface area contributed by atoms with Gasteiger partial charge in [0.2, 0.25) is 0 Å². The normalized spacial score (nSPS) is 19.0. The number of aliphatic hydroxyl groups is 1. The summed E-state index contributed by atoms with van der Waals surface area (Å²) in [5, 5.41) is 10.2. The van der Waals surface area contributed by atoms with Crippen molar-refractivity contribution < 1.29 is 14.6 Å². The monoisotopic (exact) mass is 290 g/mol. The van der Waals surface area contributed by atoms with Gasteiger partial charge in [0.05, 0.1) is 12.0 Å². The van der Waals surface area contributed by atoms with Gasteiger partial charge in [0.1, 0.15) is 5.75 Å². The van der Waals surface area contributed by atoms with E-state index in [1.807, 2.05) is 18.2 Å². The Bertz CT molecular complexity index is 423. The maximum absolute atomic E-state index is 12.0. The van der Waals surface area contributed by atoms with E-state index in [4.69, 9.17) is 4.74 Å². The van der Waals surface area contributed by atoms with Gasteiger partial charge in [-0.25, -0.2) is 0 Å². The average Bonchev–Trinajstić information content (AvgIpc) is 2.53. The number of esters is 1. The van der Waals surface area contributed by atoms with Gasteiger partial charge >= 0.3 is 5.97 Å². The number of aliphatic hydroxyl groups excluding tert-OH is 1. The zero-order chi connectivity index (χ0) is 15.1. The summed E-state index contributed by atoms with van der Waals surface area (Å²) in [5.74, 6) is 0.436. The molecule has 0 aliphatic heterocycles. The third-order valence-corrected chi connectivity index (χ3v) is 4.51. The Hall–Kier alpha value is -1.35. The Morgan fingerprint density at radius 2 is 1.90 bits per heavy atom. The predicted molar refractivity (Wildman–Crippen MR) is 83.1 cm³/mol. The van der Waals surface area contributed by atoms with Crippen molar-refractivity contribution in [3.05, 3.63) is 30.3 Å². The van der Waals surface area contributed by atoms with Crippen molar-refractivity contribution in [2.45, 2.75) is 58.0 Å². The predicted octanol–water partition coefficient (Wildman–Crippen LogP) is 3.95. The maximum Gasteiger partial charge on any atom is 0.316 e. The van der Waals surface area contributed by atoms with E-state index in [-0.39, 0.29) is 5.97 Å². The van der Waals surface area contributed by atoms with Crippen LogP contribution in [0.3, 0.4) is 0 Å². The van der Waals surface area contributed by atoms with Gasteiger partial charge in [-0.15, -0.1) is 0 Å². The first kappa shape index (κ1) is 16.0. The molecule has 2 rings (SSSR count). The number of benzene rings is 1. The lowest BCUT2D eigenvalue weighted by atomic mass is 9.84. The number of carbonyl (C=O) groups excluding carboxylic acids is 1. The van der Waals surface area contributed by atoms with Gasteiger partial charge in [0, 0.05) is 0 Å². The van der Waals surface area contributed by atoms with Crippen LogP contribution < -0.4 is 4.74 Å². The summed E-state index contributed by atoms with van der Waals surface area (Å²) in [6, 6.07) is 9.03. The van der Waals surface area contributed by atoms with Gasteiger partial charge in [-0.2, -0.15) is 0 Å². The van der Waals surface area contributed by atoms with Gasteiger partial charge in [0.25, 0.3) is 0 Å². The molecule has 1 saturated carbocycles. The van der Waals surface area contributed by atoms with Crippen LogP contribution in [0.1, 0.15) is 51.9 Å². The minimum Gasteiger partial charge on any atom is -0.426 e. The Morgan fingerprint density at radius 1 is 1.24 bits per heavy atom. The number of para-hydroxylation sites is 1. The molecule has 0 spiro atoms. The van der Waals surface area contributed by atoms with E-state index in [0.717, 1.165) is 12.3 Å². The van der Waals surface area contributed by atoms with Crippen LogP contribution in [0.25, 0.3) is 0 Å². The van der Waals surface area contributed by atoms with Crippen LogP contribution in [0.2, 0.25) is 0 Å². The van der Waals surface area contributed by atoms with Crippen LogP contribution in [0.15, 0.2) is 30.3 Å². The van der Waals surface area contributed by atoms with Crippen molar-refractivity contribution in [2.24, 2.45) is 11.8 Å². The van der Waals surface area contributed by atoms with E-state index in [2.05, 4.69) is 0 Å². The fourth-order valence-corrected chi connectivity index (χ4v) is 2.99. The van der Waals surface area contributed by atoms with Crippen LogP contribution >= 0.6 is 0 Å². The molecule has 0 aromatic heterocycles. The standard InChI is InChI=1S/C18H26O3/c1-14(18(20)21-16-10-6-3-7-11-16)17(19)13-12-15-8-4-2-5-9-15/h3,6-7,10-11,14-15,17,19H,2,4-5,8-9,12-13H2,1H3/t14-,17+/m1/s1. The molecule has 1 fully saturated rings. The molecule has 0 radical (unpaired) electrons. The summed E-state index contributed by atoms with van der Waals surface area (Å²) in [5.41, 5.74) is 0. The molecule has 1 aliphatic carbocycles. The van der Waals surface area contributed by atoms with E-state index in [9.17, 15) is 9.90 Å². The molecular formula is C18H26O3. The minimum absolute atomic E-state index is 0.350. The SMILES string of the molecule is C[C@@H](C(=O)Oc1ccccc1)[C@@H](O)CCC1CCCCC1. The first-order valence-corrected chi connectivity index (χ1v) is 8.11. The number of rotatable bonds is 6. The second-order valence-electron chi connectivity index (χ2n) is 6.17. The van der Waals surface area contributed by atoms with E-state index < -0.39 is 12.0 Å². The quantitative estimate of drug-likeness (QED) is 0.637. The second kappa shape index (κ2) is 8.18. The Labute approximate surface area is 127 Å². The van der Waals surface area contributed by atoms with Crippen molar-refractivity contribution in [2.75, 3.05) is 0 Å². The Morgan fingerprint density at radius 3 is 2.57 bits per heavy atom.